The molecule has 0 aromatic rings. The van der Waals surface area contributed by atoms with Crippen LogP contribution in [0.5, 0.6) is 0 Å². The van der Waals surface area contributed by atoms with Crippen LogP contribution in [0, 0.1) is 11.8 Å². The van der Waals surface area contributed by atoms with Crippen LogP contribution in [0.15, 0.2) is 0 Å². The second-order valence-electron chi connectivity index (χ2n) is 6.97. The van der Waals surface area contributed by atoms with E-state index in [0.717, 1.165) is 51.0 Å². The van der Waals surface area contributed by atoms with Crippen molar-refractivity contribution in [2.75, 3.05) is 13.2 Å². The van der Waals surface area contributed by atoms with Gasteiger partial charge in [0.1, 0.15) is 0 Å². The number of nitrogens with one attached hydrogen (secondary N) is 1. The number of carbonyl (C=O) groups is 1. The van der Waals surface area contributed by atoms with Crippen LogP contribution in [-0.4, -0.2) is 35.9 Å². The fourth-order valence-electron chi connectivity index (χ4n) is 3.61. The molecule has 2 aliphatic rings. The molecule has 0 unspecified atom stereocenters. The lowest BCUT2D eigenvalue weighted by molar-refractivity contribution is -0.126. The van der Waals surface area contributed by atoms with Gasteiger partial charge in [-0.1, -0.05) is 13.3 Å². The highest BCUT2D eigenvalue weighted by atomic mass is 16.5. The van der Waals surface area contributed by atoms with Crippen LogP contribution < -0.4 is 5.32 Å². The third-order valence-electron chi connectivity index (χ3n) is 5.30. The molecule has 2 N–H and O–H groups in total. The first-order chi connectivity index (χ1) is 10.0. The standard InChI is InChI=1S/C17H31NO3/c1-3-13-5-7-17(20,8-6-13)12-18-16(19)11-14-9-15(10-14)21-4-2/h13-15,20H,3-12H2,1-2H3,(H,18,19). The Morgan fingerprint density at radius 1 is 1.24 bits per heavy atom. The first kappa shape index (κ1) is 16.8. The largest absolute Gasteiger partial charge is 0.388 e. The van der Waals surface area contributed by atoms with Crippen LogP contribution in [0.3, 0.4) is 0 Å². The lowest BCUT2D eigenvalue weighted by Crippen LogP contribution is -2.46. The Morgan fingerprint density at radius 3 is 2.48 bits per heavy atom. The lowest BCUT2D eigenvalue weighted by atomic mass is 9.77. The Kier molecular flexibility index (Phi) is 6.06. The van der Waals surface area contributed by atoms with E-state index in [2.05, 4.69) is 12.2 Å². The second kappa shape index (κ2) is 7.59. The summed E-state index contributed by atoms with van der Waals surface area (Å²) in [7, 11) is 0. The van der Waals surface area contributed by atoms with E-state index < -0.39 is 5.60 Å². The highest BCUT2D eigenvalue weighted by Gasteiger charge is 2.34. The molecule has 2 saturated carbocycles. The van der Waals surface area contributed by atoms with Gasteiger partial charge in [-0.15, -0.1) is 0 Å². The Labute approximate surface area is 128 Å². The Morgan fingerprint density at radius 2 is 1.90 bits per heavy atom. The van der Waals surface area contributed by atoms with Gasteiger partial charge < -0.3 is 15.2 Å². The van der Waals surface area contributed by atoms with Gasteiger partial charge in [0, 0.05) is 19.6 Å². The zero-order valence-electron chi connectivity index (χ0n) is 13.6. The summed E-state index contributed by atoms with van der Waals surface area (Å²) < 4.78 is 5.51. The summed E-state index contributed by atoms with van der Waals surface area (Å²) in [6.45, 7) is 5.40. The molecule has 0 aromatic heterocycles. The molecule has 0 spiro atoms. The molecule has 122 valence electrons. The molecular weight excluding hydrogens is 266 g/mol. The SMILES string of the molecule is CCOC1CC(CC(=O)NCC2(O)CCC(CC)CC2)C1. The van der Waals surface area contributed by atoms with Crippen LogP contribution in [0.2, 0.25) is 0 Å². The number of amides is 1. The summed E-state index contributed by atoms with van der Waals surface area (Å²) >= 11 is 0. The van der Waals surface area contributed by atoms with Crippen molar-refractivity contribution in [2.24, 2.45) is 11.8 Å². The van der Waals surface area contributed by atoms with Crippen molar-refractivity contribution in [3.63, 3.8) is 0 Å². The first-order valence-corrected chi connectivity index (χ1v) is 8.65. The van der Waals surface area contributed by atoms with Crippen LogP contribution in [-0.2, 0) is 9.53 Å². The van der Waals surface area contributed by atoms with Crippen LogP contribution >= 0.6 is 0 Å². The molecule has 21 heavy (non-hydrogen) atoms. The number of hydrogen-bond donors (Lipinski definition) is 2. The number of rotatable bonds is 7. The predicted molar refractivity (Wildman–Crippen MR) is 83.0 cm³/mol. The van der Waals surface area contributed by atoms with Crippen molar-refractivity contribution in [1.82, 2.24) is 5.32 Å². The Bertz CT molecular complexity index is 331. The lowest BCUT2D eigenvalue weighted by Gasteiger charge is -2.37. The van der Waals surface area contributed by atoms with Gasteiger partial charge >= 0.3 is 0 Å². The number of hydrogen-bond acceptors (Lipinski definition) is 3. The molecule has 2 fully saturated rings. The minimum atomic E-state index is -0.672. The highest BCUT2D eigenvalue weighted by molar-refractivity contribution is 5.76. The highest BCUT2D eigenvalue weighted by Crippen LogP contribution is 2.34. The Hall–Kier alpha value is -0.610. The Balaban J connectivity index is 1.61. The quantitative estimate of drug-likeness (QED) is 0.759. The van der Waals surface area contributed by atoms with E-state index in [1.165, 1.54) is 6.42 Å². The molecule has 4 nitrogen and oxygen atoms in total. The van der Waals surface area contributed by atoms with Crippen LogP contribution in [0.25, 0.3) is 0 Å². The van der Waals surface area contributed by atoms with Crippen molar-refractivity contribution in [3.8, 4) is 0 Å². The topological polar surface area (TPSA) is 58.6 Å². The van der Waals surface area contributed by atoms with Gasteiger partial charge in [0.15, 0.2) is 0 Å². The van der Waals surface area contributed by atoms with E-state index in [4.69, 9.17) is 4.74 Å². The van der Waals surface area contributed by atoms with Crippen LogP contribution in [0.4, 0.5) is 0 Å². The van der Waals surface area contributed by atoms with E-state index in [1.807, 2.05) is 6.92 Å². The van der Waals surface area contributed by atoms with E-state index in [1.54, 1.807) is 0 Å². The molecule has 2 aliphatic carbocycles. The summed E-state index contributed by atoms with van der Waals surface area (Å²) in [4.78, 5) is 12.0. The summed E-state index contributed by atoms with van der Waals surface area (Å²) in [6, 6.07) is 0. The maximum absolute atomic E-state index is 12.0. The van der Waals surface area contributed by atoms with Crippen molar-refractivity contribution < 1.29 is 14.6 Å². The van der Waals surface area contributed by atoms with E-state index >= 15 is 0 Å². The van der Waals surface area contributed by atoms with E-state index in [9.17, 15) is 9.90 Å². The van der Waals surface area contributed by atoms with Crippen molar-refractivity contribution >= 4 is 5.91 Å². The molecule has 0 atom stereocenters. The van der Waals surface area contributed by atoms with E-state index in [0.29, 0.717) is 25.0 Å². The summed E-state index contributed by atoms with van der Waals surface area (Å²) in [5.41, 5.74) is -0.672. The van der Waals surface area contributed by atoms with Crippen molar-refractivity contribution in [1.29, 1.82) is 0 Å². The predicted octanol–water partition coefficient (Wildman–Crippen LogP) is 2.64. The van der Waals surface area contributed by atoms with Gasteiger partial charge in [-0.25, -0.2) is 0 Å². The molecule has 0 aromatic carbocycles. The summed E-state index contributed by atoms with van der Waals surface area (Å²) in [5, 5.41) is 13.5. The maximum Gasteiger partial charge on any atom is 0.220 e. The fourth-order valence-corrected chi connectivity index (χ4v) is 3.61. The third kappa shape index (κ3) is 4.96. The molecule has 0 bridgehead atoms. The average molecular weight is 297 g/mol. The zero-order chi connectivity index (χ0) is 15.3. The van der Waals surface area contributed by atoms with Crippen LogP contribution in [0.1, 0.15) is 65.2 Å². The van der Waals surface area contributed by atoms with Crippen molar-refractivity contribution in [3.05, 3.63) is 0 Å². The minimum absolute atomic E-state index is 0.0842. The summed E-state index contributed by atoms with van der Waals surface area (Å²) in [5.74, 6) is 1.31. The van der Waals surface area contributed by atoms with Crippen molar-refractivity contribution in [2.45, 2.75) is 76.9 Å². The maximum atomic E-state index is 12.0. The molecular formula is C17H31NO3. The minimum Gasteiger partial charge on any atom is -0.388 e. The van der Waals surface area contributed by atoms with Gasteiger partial charge in [0.05, 0.1) is 11.7 Å². The molecule has 0 radical (unpaired) electrons. The number of carbonyl (C=O) groups excluding carboxylic acids is 1. The molecule has 4 heteroatoms. The smallest absolute Gasteiger partial charge is 0.220 e. The number of ether oxygens (including phenoxy) is 1. The number of aliphatic hydroxyl groups is 1. The first-order valence-electron chi connectivity index (χ1n) is 8.65. The normalized spacial score (nSPS) is 36.0. The van der Waals surface area contributed by atoms with Gasteiger partial charge in [0.2, 0.25) is 5.91 Å². The molecule has 1 amide bonds. The molecule has 2 rings (SSSR count). The fraction of sp³-hybridized carbons (Fsp3) is 0.941. The van der Waals surface area contributed by atoms with Gasteiger partial charge in [-0.3, -0.25) is 4.79 Å². The van der Waals surface area contributed by atoms with E-state index in [-0.39, 0.29) is 5.91 Å². The van der Waals surface area contributed by atoms with Gasteiger partial charge in [-0.2, -0.15) is 0 Å². The third-order valence-corrected chi connectivity index (χ3v) is 5.30. The molecule has 0 saturated heterocycles. The molecule has 0 aliphatic heterocycles. The average Bonchev–Trinajstić information content (AvgIpc) is 2.44. The monoisotopic (exact) mass is 297 g/mol. The second-order valence-corrected chi connectivity index (χ2v) is 6.97. The summed E-state index contributed by atoms with van der Waals surface area (Å²) in [6.07, 6.45) is 7.96. The van der Waals surface area contributed by atoms with Gasteiger partial charge in [0.25, 0.3) is 0 Å². The zero-order valence-corrected chi connectivity index (χ0v) is 13.6. The molecule has 0 heterocycles. The van der Waals surface area contributed by atoms with Gasteiger partial charge in [-0.05, 0) is 57.3 Å².